The van der Waals surface area contributed by atoms with Crippen LogP contribution < -0.4 is 0 Å². The predicted molar refractivity (Wildman–Crippen MR) is 80.1 cm³/mol. The highest BCUT2D eigenvalue weighted by atomic mass is 16.6. The van der Waals surface area contributed by atoms with E-state index >= 15 is 0 Å². The summed E-state index contributed by atoms with van der Waals surface area (Å²) in [4.78, 5) is 46.3. The largest absolute Gasteiger partial charge is 0.503 e. The van der Waals surface area contributed by atoms with Gasteiger partial charge in [-0.15, -0.1) is 0 Å². The minimum atomic E-state index is -1.31. The van der Waals surface area contributed by atoms with Crippen molar-refractivity contribution in [3.05, 3.63) is 51.3 Å². The normalized spacial score (nSPS) is 18.7. The van der Waals surface area contributed by atoms with E-state index in [9.17, 15) is 34.7 Å². The van der Waals surface area contributed by atoms with Crippen LogP contribution in [-0.2, 0) is 14.4 Å². The lowest BCUT2D eigenvalue weighted by atomic mass is 9.96. The predicted octanol–water partition coefficient (Wildman–Crippen LogP) is 1.35. The molecule has 0 bridgehead atoms. The lowest BCUT2D eigenvalue weighted by Crippen LogP contribution is -2.43. The highest BCUT2D eigenvalue weighted by Gasteiger charge is 2.46. The fourth-order valence-corrected chi connectivity index (χ4v) is 2.61. The maximum atomic E-state index is 12.2. The molecule has 1 amide bonds. The van der Waals surface area contributed by atoms with Gasteiger partial charge in [0.25, 0.3) is 11.6 Å². The molecule has 2 N–H and O–H groups in total. The van der Waals surface area contributed by atoms with Crippen LogP contribution in [-0.4, -0.2) is 43.7 Å². The van der Waals surface area contributed by atoms with Crippen LogP contribution in [0.15, 0.2) is 35.6 Å². The van der Waals surface area contributed by atoms with E-state index in [-0.39, 0.29) is 16.8 Å². The molecule has 24 heavy (non-hydrogen) atoms. The van der Waals surface area contributed by atoms with E-state index < -0.39 is 40.4 Å². The van der Waals surface area contributed by atoms with Crippen molar-refractivity contribution in [3.63, 3.8) is 0 Å². The van der Waals surface area contributed by atoms with Crippen molar-refractivity contribution >= 4 is 23.3 Å². The zero-order valence-electron chi connectivity index (χ0n) is 12.8. The van der Waals surface area contributed by atoms with E-state index in [0.717, 1.165) is 11.8 Å². The smallest absolute Gasteiger partial charge is 0.326 e. The average molecular weight is 334 g/mol. The van der Waals surface area contributed by atoms with Gasteiger partial charge in [0.05, 0.1) is 16.5 Å². The number of carboxylic acids is 1. The Labute approximate surface area is 136 Å². The lowest BCUT2D eigenvalue weighted by Gasteiger charge is -2.29. The molecule has 2 atom stereocenters. The Hall–Kier alpha value is -3.23. The highest BCUT2D eigenvalue weighted by Crippen LogP contribution is 2.39. The number of aliphatic hydroxyl groups excluding tert-OH is 1. The number of aliphatic carboxylic acids is 1. The van der Waals surface area contributed by atoms with Crippen LogP contribution in [0.3, 0.4) is 0 Å². The Kier molecular flexibility index (Phi) is 4.36. The molecule has 0 radical (unpaired) electrons. The number of aliphatic hydroxyl groups is 1. The second-order valence-electron chi connectivity index (χ2n) is 5.30. The summed E-state index contributed by atoms with van der Waals surface area (Å²) in [5, 5.41) is 29.9. The van der Waals surface area contributed by atoms with Crippen LogP contribution in [0.1, 0.15) is 25.5 Å². The molecule has 9 heteroatoms. The number of hydrogen-bond acceptors (Lipinski definition) is 6. The molecular formula is C15H14N2O7. The number of non-ortho nitro benzene ring substituents is 1. The third kappa shape index (κ3) is 2.71. The van der Waals surface area contributed by atoms with Crippen molar-refractivity contribution < 1.29 is 29.5 Å². The number of carbonyl (C=O) groups excluding carboxylic acids is 2. The maximum absolute atomic E-state index is 12.2. The lowest BCUT2D eigenvalue weighted by molar-refractivity contribution is -0.384. The minimum Gasteiger partial charge on any atom is -0.503 e. The van der Waals surface area contributed by atoms with Gasteiger partial charge in [-0.2, -0.15) is 0 Å². The zero-order valence-corrected chi connectivity index (χ0v) is 12.8. The van der Waals surface area contributed by atoms with Crippen molar-refractivity contribution in [3.8, 4) is 0 Å². The van der Waals surface area contributed by atoms with Crippen LogP contribution in [0.5, 0.6) is 0 Å². The van der Waals surface area contributed by atoms with Crippen molar-refractivity contribution in [1.29, 1.82) is 0 Å². The van der Waals surface area contributed by atoms with Crippen molar-refractivity contribution in [2.24, 2.45) is 0 Å². The summed E-state index contributed by atoms with van der Waals surface area (Å²) in [5.41, 5.74) is -0.142. The topological polar surface area (TPSA) is 138 Å². The molecule has 9 nitrogen and oxygen atoms in total. The van der Waals surface area contributed by atoms with Gasteiger partial charge in [-0.05, 0) is 31.5 Å². The second kappa shape index (κ2) is 6.11. The number of ketones is 1. The quantitative estimate of drug-likeness (QED) is 0.612. The molecule has 0 saturated heterocycles. The Morgan fingerprint density at radius 1 is 1.29 bits per heavy atom. The Morgan fingerprint density at radius 2 is 1.83 bits per heavy atom. The van der Waals surface area contributed by atoms with Crippen molar-refractivity contribution in [1.82, 2.24) is 4.90 Å². The Morgan fingerprint density at radius 3 is 2.25 bits per heavy atom. The number of carboxylic acid groups (broad SMARTS) is 1. The van der Waals surface area contributed by atoms with E-state index in [2.05, 4.69) is 0 Å². The van der Waals surface area contributed by atoms with Gasteiger partial charge in [0.1, 0.15) is 6.04 Å². The molecule has 0 spiro atoms. The number of nitrogens with zero attached hydrogens (tertiary/aromatic N) is 2. The summed E-state index contributed by atoms with van der Waals surface area (Å²) in [7, 11) is 0. The summed E-state index contributed by atoms with van der Waals surface area (Å²) in [6, 6.07) is 2.56. The molecule has 0 fully saturated rings. The van der Waals surface area contributed by atoms with Gasteiger partial charge in [-0.25, -0.2) is 4.79 Å². The van der Waals surface area contributed by atoms with Gasteiger partial charge in [0.15, 0.2) is 11.5 Å². The molecule has 0 saturated carbocycles. The van der Waals surface area contributed by atoms with Gasteiger partial charge >= 0.3 is 5.97 Å². The Bertz CT molecular complexity index is 767. The molecule has 0 unspecified atom stereocenters. The van der Waals surface area contributed by atoms with E-state index in [1.54, 1.807) is 0 Å². The van der Waals surface area contributed by atoms with Gasteiger partial charge in [-0.1, -0.05) is 0 Å². The molecule has 126 valence electrons. The minimum absolute atomic E-state index is 0.196. The molecule has 1 heterocycles. The first kappa shape index (κ1) is 17.1. The molecule has 1 aromatic rings. The summed E-state index contributed by atoms with van der Waals surface area (Å²) >= 11 is 0. The summed E-state index contributed by atoms with van der Waals surface area (Å²) in [6.07, 6.45) is 0. The average Bonchev–Trinajstić information content (AvgIpc) is 2.78. The van der Waals surface area contributed by atoms with Crippen molar-refractivity contribution in [2.75, 3.05) is 0 Å². The molecule has 1 aromatic carbocycles. The SMILES string of the molecule is CC(=O)C1=C(O)C(=O)N([C@H](C)C(=O)O)[C@@H]1c1ccc([N+](=O)[O-])cc1. The van der Waals surface area contributed by atoms with Gasteiger partial charge in [-0.3, -0.25) is 19.7 Å². The molecule has 2 rings (SSSR count). The van der Waals surface area contributed by atoms with E-state index in [1.807, 2.05) is 0 Å². The first-order valence-electron chi connectivity index (χ1n) is 6.90. The van der Waals surface area contributed by atoms with Crippen molar-refractivity contribution in [2.45, 2.75) is 25.9 Å². The van der Waals surface area contributed by atoms with Gasteiger partial charge < -0.3 is 15.1 Å². The fourth-order valence-electron chi connectivity index (χ4n) is 2.61. The third-order valence-electron chi connectivity index (χ3n) is 3.82. The number of hydrogen-bond donors (Lipinski definition) is 2. The first-order valence-corrected chi connectivity index (χ1v) is 6.90. The summed E-state index contributed by atoms with van der Waals surface area (Å²) in [5.74, 6) is -3.69. The number of rotatable bonds is 5. The molecule has 1 aliphatic rings. The first-order chi connectivity index (χ1) is 11.2. The van der Waals surface area contributed by atoms with Crippen LogP contribution in [0.4, 0.5) is 5.69 Å². The van der Waals surface area contributed by atoms with Crippen LogP contribution in [0.2, 0.25) is 0 Å². The zero-order chi connectivity index (χ0) is 18.2. The molecule has 0 aromatic heterocycles. The summed E-state index contributed by atoms with van der Waals surface area (Å²) < 4.78 is 0. The van der Waals surface area contributed by atoms with Crippen LogP contribution >= 0.6 is 0 Å². The standard InChI is InChI=1S/C15H14N2O7/c1-7(15(21)22)16-12(11(8(2)18)13(19)14(16)20)9-3-5-10(6-4-9)17(23)24/h3-7,12,19H,1-2H3,(H,21,22)/t7-,12-/m1/s1. The fraction of sp³-hybridized carbons (Fsp3) is 0.267. The monoisotopic (exact) mass is 334 g/mol. The second-order valence-corrected chi connectivity index (χ2v) is 5.30. The number of nitro benzene ring substituents is 1. The molecular weight excluding hydrogens is 320 g/mol. The number of carbonyl (C=O) groups is 3. The number of amides is 1. The number of benzene rings is 1. The molecule has 1 aliphatic heterocycles. The van der Waals surface area contributed by atoms with Gasteiger partial charge in [0.2, 0.25) is 0 Å². The van der Waals surface area contributed by atoms with Gasteiger partial charge in [0, 0.05) is 12.1 Å². The van der Waals surface area contributed by atoms with Crippen LogP contribution in [0, 0.1) is 10.1 Å². The highest BCUT2D eigenvalue weighted by molar-refractivity contribution is 6.09. The third-order valence-corrected chi connectivity index (χ3v) is 3.82. The maximum Gasteiger partial charge on any atom is 0.326 e. The van der Waals surface area contributed by atoms with E-state index in [0.29, 0.717) is 0 Å². The summed E-state index contributed by atoms with van der Waals surface area (Å²) in [6.45, 7) is 2.39. The Balaban J connectivity index is 2.58. The van der Waals surface area contributed by atoms with E-state index in [4.69, 9.17) is 0 Å². The van der Waals surface area contributed by atoms with Crippen LogP contribution in [0.25, 0.3) is 0 Å². The number of Topliss-reactive ketones (excluding diaryl/α,β-unsaturated/α-hetero) is 1. The van der Waals surface area contributed by atoms with E-state index in [1.165, 1.54) is 31.2 Å². The number of nitro groups is 1. The molecule has 0 aliphatic carbocycles.